The van der Waals surface area contributed by atoms with Crippen LogP contribution in [0.2, 0.25) is 0 Å². The Hall–Kier alpha value is -2.31. The van der Waals surface area contributed by atoms with Gasteiger partial charge in [0.05, 0.1) is 26.2 Å². The van der Waals surface area contributed by atoms with E-state index in [-0.39, 0.29) is 0 Å². The predicted molar refractivity (Wildman–Crippen MR) is 104 cm³/mol. The summed E-state index contributed by atoms with van der Waals surface area (Å²) < 4.78 is 24.1. The molecule has 25 heavy (non-hydrogen) atoms. The molecule has 0 atom stereocenters. The van der Waals surface area contributed by atoms with Crippen molar-refractivity contribution in [2.45, 2.75) is 6.92 Å². The molecule has 2 aromatic rings. The summed E-state index contributed by atoms with van der Waals surface area (Å²) in [5.74, 6) is 1.76. The van der Waals surface area contributed by atoms with Gasteiger partial charge in [-0.1, -0.05) is 12.2 Å². The van der Waals surface area contributed by atoms with E-state index in [4.69, 9.17) is 26.0 Å². The van der Waals surface area contributed by atoms with Crippen molar-refractivity contribution in [1.82, 2.24) is 4.37 Å². The maximum atomic E-state index is 5.44. The lowest BCUT2D eigenvalue weighted by Gasteiger charge is -2.14. The number of rotatable bonds is 7. The normalized spacial score (nSPS) is 12.1. The van der Waals surface area contributed by atoms with Crippen molar-refractivity contribution >= 4 is 35.1 Å². The van der Waals surface area contributed by atoms with Crippen LogP contribution in [0, 0.1) is 0 Å². The van der Waals surface area contributed by atoms with Crippen LogP contribution in [-0.4, -0.2) is 31.9 Å². The van der Waals surface area contributed by atoms with Gasteiger partial charge in [-0.05, 0) is 42.2 Å². The van der Waals surface area contributed by atoms with Crippen LogP contribution in [0.1, 0.15) is 12.5 Å². The van der Waals surface area contributed by atoms with Crippen LogP contribution < -0.4 is 14.2 Å². The van der Waals surface area contributed by atoms with E-state index in [1.807, 2.05) is 37.4 Å². The molecule has 0 saturated heterocycles. The molecule has 0 aliphatic carbocycles. The van der Waals surface area contributed by atoms with E-state index in [1.54, 1.807) is 27.4 Å². The summed E-state index contributed by atoms with van der Waals surface area (Å²) in [5.41, 5.74) is 2.95. The van der Waals surface area contributed by atoms with Gasteiger partial charge in [-0.15, -0.1) is 0 Å². The average Bonchev–Trinajstić information content (AvgIpc) is 3.13. The lowest BCUT2D eigenvalue weighted by Crippen LogP contribution is -1.95. The third-order valence-electron chi connectivity index (χ3n) is 3.54. The number of ether oxygens (including phenoxy) is 3. The lowest BCUT2D eigenvalue weighted by molar-refractivity contribution is 0.324. The van der Waals surface area contributed by atoms with Gasteiger partial charge in [0.25, 0.3) is 0 Å². The Morgan fingerprint density at radius 2 is 1.84 bits per heavy atom. The number of halogens is 1. The van der Waals surface area contributed by atoms with Crippen molar-refractivity contribution in [2.75, 3.05) is 21.3 Å². The van der Waals surface area contributed by atoms with Gasteiger partial charge in [0.1, 0.15) is 0 Å². The molecule has 0 saturated carbocycles. The number of hydrogen-bond donors (Lipinski definition) is 0. The summed E-state index contributed by atoms with van der Waals surface area (Å²) >= 11 is 6.73. The van der Waals surface area contributed by atoms with Gasteiger partial charge in [-0.2, -0.15) is 8.89 Å². The Balaban J connectivity index is 2.56. The molecule has 0 unspecified atom stereocenters. The molecule has 0 N–H and O–H groups in total. The van der Waals surface area contributed by atoms with Crippen LogP contribution in [0.4, 0.5) is 0 Å². The fourth-order valence-electron chi connectivity index (χ4n) is 2.39. The molecule has 1 aromatic carbocycles. The third kappa shape index (κ3) is 4.21. The first-order valence-corrected chi connectivity index (χ1v) is 8.54. The standard InChI is InChI=1S/C18H19ClN2O3S/c1-5-12(7-6-8-20-19)14-11-21-25-18(14)13-9-15(22-2)17(24-4)16(10-13)23-3/h5-11H,1-4H3/b7-6-,12-5+,20-8+. The lowest BCUT2D eigenvalue weighted by atomic mass is 10.0. The molecule has 0 spiro atoms. The van der Waals surface area contributed by atoms with Crippen molar-refractivity contribution in [1.29, 1.82) is 0 Å². The minimum absolute atomic E-state index is 0.560. The molecule has 0 fully saturated rings. The zero-order valence-electron chi connectivity index (χ0n) is 14.4. The maximum Gasteiger partial charge on any atom is 0.203 e. The molecule has 5 nitrogen and oxygen atoms in total. The molecule has 0 radical (unpaired) electrons. The highest BCUT2D eigenvalue weighted by Gasteiger charge is 2.17. The van der Waals surface area contributed by atoms with Gasteiger partial charge in [0.2, 0.25) is 5.75 Å². The molecular weight excluding hydrogens is 360 g/mol. The Labute approximate surface area is 156 Å². The van der Waals surface area contributed by atoms with Gasteiger partial charge < -0.3 is 14.2 Å². The van der Waals surface area contributed by atoms with Crippen molar-refractivity contribution in [2.24, 2.45) is 4.51 Å². The molecule has 0 aliphatic rings. The summed E-state index contributed by atoms with van der Waals surface area (Å²) in [5, 5.41) is 0. The molecule has 132 valence electrons. The second-order valence-corrected chi connectivity index (χ2v) is 5.83. The molecule has 0 amide bonds. The topological polar surface area (TPSA) is 52.9 Å². The van der Waals surface area contributed by atoms with Crippen molar-refractivity contribution in [3.8, 4) is 27.7 Å². The zero-order valence-corrected chi connectivity index (χ0v) is 16.0. The second kappa shape index (κ2) is 9.25. The highest BCUT2D eigenvalue weighted by Crippen LogP contribution is 2.43. The summed E-state index contributed by atoms with van der Waals surface area (Å²) in [6.07, 6.45) is 9.06. The minimum Gasteiger partial charge on any atom is -0.493 e. The van der Waals surface area contributed by atoms with Crippen molar-refractivity contribution in [3.05, 3.63) is 42.1 Å². The summed E-state index contributed by atoms with van der Waals surface area (Å²) in [7, 11) is 4.78. The highest BCUT2D eigenvalue weighted by molar-refractivity contribution is 7.09. The van der Waals surface area contributed by atoms with Crippen LogP contribution >= 0.6 is 23.3 Å². The van der Waals surface area contributed by atoms with Gasteiger partial charge in [-0.25, -0.2) is 0 Å². The molecule has 2 rings (SSSR count). The number of allylic oxidation sites excluding steroid dienone is 4. The highest BCUT2D eigenvalue weighted by atomic mass is 35.5. The van der Waals surface area contributed by atoms with Crippen LogP contribution in [0.15, 0.2) is 41.1 Å². The first-order chi connectivity index (χ1) is 12.2. The molecule has 0 aliphatic heterocycles. The summed E-state index contributed by atoms with van der Waals surface area (Å²) in [4.78, 5) is 1.000. The summed E-state index contributed by atoms with van der Waals surface area (Å²) in [6, 6.07) is 3.82. The molecular formula is C18H19ClN2O3S. The molecule has 1 heterocycles. The molecule has 7 heteroatoms. The Morgan fingerprint density at radius 1 is 1.16 bits per heavy atom. The first-order valence-electron chi connectivity index (χ1n) is 7.42. The Morgan fingerprint density at radius 3 is 2.36 bits per heavy atom. The van der Waals surface area contributed by atoms with E-state index in [0.29, 0.717) is 17.2 Å². The monoisotopic (exact) mass is 378 g/mol. The fourth-order valence-corrected chi connectivity index (χ4v) is 3.21. The van der Waals surface area contributed by atoms with Gasteiger partial charge >= 0.3 is 0 Å². The zero-order chi connectivity index (χ0) is 18.2. The van der Waals surface area contributed by atoms with E-state index in [1.165, 1.54) is 17.7 Å². The van der Waals surface area contributed by atoms with E-state index < -0.39 is 0 Å². The number of hydrogen-bond acceptors (Lipinski definition) is 6. The second-order valence-electron chi connectivity index (χ2n) is 4.83. The summed E-state index contributed by atoms with van der Waals surface area (Å²) in [6.45, 7) is 1.97. The number of methoxy groups -OCH3 is 3. The van der Waals surface area contributed by atoms with Crippen molar-refractivity contribution < 1.29 is 14.2 Å². The maximum absolute atomic E-state index is 5.44. The third-order valence-corrected chi connectivity index (χ3v) is 4.50. The largest absolute Gasteiger partial charge is 0.493 e. The van der Waals surface area contributed by atoms with Crippen LogP contribution in [-0.2, 0) is 0 Å². The first kappa shape index (κ1) is 19.0. The molecule has 1 aromatic heterocycles. The number of nitrogens with zero attached hydrogens (tertiary/aromatic N) is 2. The van der Waals surface area contributed by atoms with E-state index >= 15 is 0 Å². The quantitative estimate of drug-likeness (QED) is 0.501. The fraction of sp³-hybridized carbons (Fsp3) is 0.222. The average molecular weight is 379 g/mol. The van der Waals surface area contributed by atoms with Gasteiger partial charge in [0, 0.05) is 35.3 Å². The Bertz CT molecular complexity index is 787. The molecule has 0 bridgehead atoms. The van der Waals surface area contributed by atoms with Crippen LogP contribution in [0.5, 0.6) is 17.2 Å². The Kier molecular flexibility index (Phi) is 7.03. The van der Waals surface area contributed by atoms with E-state index in [0.717, 1.165) is 21.6 Å². The smallest absolute Gasteiger partial charge is 0.203 e. The van der Waals surface area contributed by atoms with E-state index in [2.05, 4.69) is 8.89 Å². The van der Waals surface area contributed by atoms with Crippen LogP contribution in [0.25, 0.3) is 16.0 Å². The van der Waals surface area contributed by atoms with Gasteiger partial charge in [-0.3, -0.25) is 0 Å². The van der Waals surface area contributed by atoms with Crippen LogP contribution in [0.3, 0.4) is 0 Å². The SMILES string of the molecule is C\C=C(/C=C\C=N\Cl)c1cnsc1-c1cc(OC)c(OC)c(OC)c1. The number of benzene rings is 1. The van der Waals surface area contributed by atoms with Crippen molar-refractivity contribution in [3.63, 3.8) is 0 Å². The van der Waals surface area contributed by atoms with E-state index in [9.17, 15) is 0 Å². The van der Waals surface area contributed by atoms with Gasteiger partial charge in [0.15, 0.2) is 11.5 Å². The predicted octanol–water partition coefficient (Wildman–Crippen LogP) is 5.02. The minimum atomic E-state index is 0.560. The number of aromatic nitrogens is 1.